The van der Waals surface area contributed by atoms with Crippen LogP contribution in [0.1, 0.15) is 20.8 Å². The molecule has 0 atom stereocenters. The van der Waals surface area contributed by atoms with Gasteiger partial charge in [-0.25, -0.2) is 9.67 Å². The molecule has 136 valence electrons. The van der Waals surface area contributed by atoms with Crippen molar-refractivity contribution in [2.24, 2.45) is 0 Å². The SMILES string of the molecule is COc1ccc(NC(=O)Cn2cnc3c(cnn3C(C)(C)C)c2=O)cc1. The van der Waals surface area contributed by atoms with Crippen molar-refractivity contribution >= 4 is 22.6 Å². The summed E-state index contributed by atoms with van der Waals surface area (Å²) in [6, 6.07) is 6.95. The summed E-state index contributed by atoms with van der Waals surface area (Å²) in [5.41, 5.74) is 0.544. The van der Waals surface area contributed by atoms with Gasteiger partial charge in [0.25, 0.3) is 5.56 Å². The van der Waals surface area contributed by atoms with Crippen molar-refractivity contribution < 1.29 is 9.53 Å². The number of carbonyl (C=O) groups is 1. The molecule has 0 aliphatic heterocycles. The predicted molar refractivity (Wildman–Crippen MR) is 98.4 cm³/mol. The number of aromatic nitrogens is 4. The van der Waals surface area contributed by atoms with Crippen molar-refractivity contribution in [2.45, 2.75) is 32.9 Å². The quantitative estimate of drug-likeness (QED) is 0.773. The lowest BCUT2D eigenvalue weighted by Gasteiger charge is -2.19. The molecule has 3 aromatic rings. The Bertz CT molecular complexity index is 996. The van der Waals surface area contributed by atoms with Crippen LogP contribution in [0.15, 0.2) is 41.6 Å². The minimum atomic E-state index is -0.318. The number of amides is 1. The van der Waals surface area contributed by atoms with E-state index < -0.39 is 0 Å². The second kappa shape index (κ2) is 6.62. The number of anilines is 1. The zero-order valence-corrected chi connectivity index (χ0v) is 15.2. The van der Waals surface area contributed by atoms with Crippen molar-refractivity contribution in [3.05, 3.63) is 47.1 Å². The van der Waals surface area contributed by atoms with Crippen LogP contribution in [0.2, 0.25) is 0 Å². The number of nitrogens with one attached hydrogen (secondary N) is 1. The smallest absolute Gasteiger partial charge is 0.264 e. The molecule has 0 unspecified atom stereocenters. The molecular formula is C18H21N5O3. The molecule has 1 amide bonds. The number of hydrogen-bond acceptors (Lipinski definition) is 5. The highest BCUT2D eigenvalue weighted by Crippen LogP contribution is 2.18. The van der Waals surface area contributed by atoms with Crippen LogP contribution in [0.4, 0.5) is 5.69 Å². The van der Waals surface area contributed by atoms with Gasteiger partial charge in [0.1, 0.15) is 24.0 Å². The average molecular weight is 355 g/mol. The Hall–Kier alpha value is -3.16. The highest BCUT2D eigenvalue weighted by atomic mass is 16.5. The van der Waals surface area contributed by atoms with E-state index in [0.717, 1.165) is 0 Å². The first-order valence-corrected chi connectivity index (χ1v) is 8.17. The number of carbonyl (C=O) groups excluding carboxylic acids is 1. The molecule has 0 spiro atoms. The van der Waals surface area contributed by atoms with Gasteiger partial charge in [0.2, 0.25) is 5.91 Å². The highest BCUT2D eigenvalue weighted by Gasteiger charge is 2.20. The number of nitrogens with zero attached hydrogens (tertiary/aromatic N) is 4. The lowest BCUT2D eigenvalue weighted by molar-refractivity contribution is -0.116. The van der Waals surface area contributed by atoms with Crippen LogP contribution >= 0.6 is 0 Å². The summed E-state index contributed by atoms with van der Waals surface area (Å²) in [7, 11) is 1.57. The Morgan fingerprint density at radius 2 is 1.92 bits per heavy atom. The number of fused-ring (bicyclic) bond motifs is 1. The van der Waals surface area contributed by atoms with Crippen LogP contribution in [0.5, 0.6) is 5.75 Å². The maximum Gasteiger partial charge on any atom is 0.264 e. The van der Waals surface area contributed by atoms with E-state index >= 15 is 0 Å². The first-order valence-electron chi connectivity index (χ1n) is 8.17. The van der Waals surface area contributed by atoms with Crippen LogP contribution in [0.3, 0.4) is 0 Å². The summed E-state index contributed by atoms with van der Waals surface area (Å²) in [5.74, 6) is 0.381. The van der Waals surface area contributed by atoms with E-state index in [1.54, 1.807) is 36.1 Å². The number of rotatable bonds is 4. The third-order valence-electron chi connectivity index (χ3n) is 3.88. The van der Waals surface area contributed by atoms with E-state index in [-0.39, 0.29) is 23.6 Å². The Labute approximate surface area is 150 Å². The molecule has 2 aromatic heterocycles. The fourth-order valence-corrected chi connectivity index (χ4v) is 2.58. The van der Waals surface area contributed by atoms with Crippen LogP contribution < -0.4 is 15.6 Å². The maximum atomic E-state index is 12.6. The zero-order chi connectivity index (χ0) is 18.9. The molecular weight excluding hydrogens is 334 g/mol. The predicted octanol–water partition coefficient (Wildman–Crippen LogP) is 2.00. The van der Waals surface area contributed by atoms with Gasteiger partial charge in [0.05, 0.1) is 18.8 Å². The summed E-state index contributed by atoms with van der Waals surface area (Å²) in [5, 5.41) is 7.39. The molecule has 0 bridgehead atoms. The van der Waals surface area contributed by atoms with E-state index in [0.29, 0.717) is 22.5 Å². The highest BCUT2D eigenvalue weighted by molar-refractivity contribution is 5.90. The van der Waals surface area contributed by atoms with Gasteiger partial charge in [0.15, 0.2) is 5.65 Å². The van der Waals surface area contributed by atoms with E-state index in [1.807, 2.05) is 20.8 Å². The number of methoxy groups -OCH3 is 1. The molecule has 0 saturated heterocycles. The first kappa shape index (κ1) is 17.7. The average Bonchev–Trinajstić information content (AvgIpc) is 3.03. The fourth-order valence-electron chi connectivity index (χ4n) is 2.58. The molecule has 26 heavy (non-hydrogen) atoms. The molecule has 8 nitrogen and oxygen atoms in total. The van der Waals surface area contributed by atoms with Gasteiger partial charge in [0, 0.05) is 5.69 Å². The molecule has 0 saturated carbocycles. The third kappa shape index (κ3) is 3.44. The van der Waals surface area contributed by atoms with Crippen molar-refractivity contribution in [1.82, 2.24) is 19.3 Å². The minimum absolute atomic E-state index is 0.130. The second-order valence-corrected chi connectivity index (χ2v) is 6.92. The maximum absolute atomic E-state index is 12.6. The van der Waals surface area contributed by atoms with E-state index in [1.165, 1.54) is 17.1 Å². The summed E-state index contributed by atoms with van der Waals surface area (Å²) >= 11 is 0. The van der Waals surface area contributed by atoms with Gasteiger partial charge in [-0.15, -0.1) is 0 Å². The molecule has 2 heterocycles. The lowest BCUT2D eigenvalue weighted by Crippen LogP contribution is -2.29. The van der Waals surface area contributed by atoms with Crippen molar-refractivity contribution in [1.29, 1.82) is 0 Å². The lowest BCUT2D eigenvalue weighted by atomic mass is 10.1. The summed E-state index contributed by atoms with van der Waals surface area (Å²) in [6.45, 7) is 5.81. The van der Waals surface area contributed by atoms with E-state index in [4.69, 9.17) is 4.74 Å². The van der Waals surface area contributed by atoms with Gasteiger partial charge in [-0.2, -0.15) is 5.10 Å². The number of hydrogen-bond donors (Lipinski definition) is 1. The number of ether oxygens (including phenoxy) is 1. The molecule has 0 fully saturated rings. The van der Waals surface area contributed by atoms with Crippen LogP contribution in [-0.4, -0.2) is 32.3 Å². The standard InChI is InChI=1S/C18H21N5O3/c1-18(2,3)23-16-14(9-20-23)17(25)22(11-19-16)10-15(24)21-12-5-7-13(26-4)8-6-12/h5-9,11H,10H2,1-4H3,(H,21,24). The van der Waals surface area contributed by atoms with Crippen molar-refractivity contribution in [3.63, 3.8) is 0 Å². The van der Waals surface area contributed by atoms with Crippen LogP contribution in [0, 0.1) is 0 Å². The zero-order valence-electron chi connectivity index (χ0n) is 15.2. The Morgan fingerprint density at radius 1 is 1.23 bits per heavy atom. The van der Waals surface area contributed by atoms with Gasteiger partial charge in [-0.05, 0) is 45.0 Å². The molecule has 1 N–H and O–H groups in total. The Balaban J connectivity index is 1.81. The van der Waals surface area contributed by atoms with Crippen LogP contribution in [0.25, 0.3) is 11.0 Å². The van der Waals surface area contributed by atoms with Gasteiger partial charge in [-0.1, -0.05) is 0 Å². The number of benzene rings is 1. The van der Waals surface area contributed by atoms with Crippen LogP contribution in [-0.2, 0) is 16.9 Å². The molecule has 0 aliphatic carbocycles. The second-order valence-electron chi connectivity index (χ2n) is 6.92. The minimum Gasteiger partial charge on any atom is -0.497 e. The summed E-state index contributed by atoms with van der Waals surface area (Å²) in [4.78, 5) is 29.2. The molecule has 8 heteroatoms. The molecule has 3 rings (SSSR count). The summed E-state index contributed by atoms with van der Waals surface area (Å²) < 4.78 is 8.05. The molecule has 0 aliphatic rings. The normalized spacial score (nSPS) is 11.5. The van der Waals surface area contributed by atoms with Gasteiger partial charge < -0.3 is 10.1 Å². The van der Waals surface area contributed by atoms with Crippen molar-refractivity contribution in [3.8, 4) is 5.75 Å². The van der Waals surface area contributed by atoms with Gasteiger partial charge >= 0.3 is 0 Å². The Morgan fingerprint density at radius 3 is 2.54 bits per heavy atom. The Kier molecular flexibility index (Phi) is 4.50. The topological polar surface area (TPSA) is 91.0 Å². The fraction of sp³-hybridized carbons (Fsp3) is 0.333. The molecule has 1 aromatic carbocycles. The summed E-state index contributed by atoms with van der Waals surface area (Å²) in [6.07, 6.45) is 2.87. The van der Waals surface area contributed by atoms with Gasteiger partial charge in [-0.3, -0.25) is 14.2 Å². The first-order chi connectivity index (χ1) is 12.3. The van der Waals surface area contributed by atoms with E-state index in [2.05, 4.69) is 15.4 Å². The monoisotopic (exact) mass is 355 g/mol. The third-order valence-corrected chi connectivity index (χ3v) is 3.88. The molecule has 0 radical (unpaired) electrons. The van der Waals surface area contributed by atoms with E-state index in [9.17, 15) is 9.59 Å². The van der Waals surface area contributed by atoms with Crippen molar-refractivity contribution in [2.75, 3.05) is 12.4 Å². The largest absolute Gasteiger partial charge is 0.497 e.